The highest BCUT2D eigenvalue weighted by atomic mass is 31.2. The van der Waals surface area contributed by atoms with Crippen LogP contribution in [0.3, 0.4) is 0 Å². The average molecular weight is 1480 g/mol. The predicted molar refractivity (Wildman–Crippen MR) is 455 cm³/mol. The number of carbonyl (C=O) groups excluding carboxylic acids is 2. The molecular formula is C94H173NO8P+. The molecule has 0 aromatic heterocycles. The number of phosphoric ester groups is 1. The van der Waals surface area contributed by atoms with Gasteiger partial charge in [0.05, 0.1) is 27.7 Å². The molecule has 0 aromatic carbocycles. The Kier molecular flexibility index (Phi) is 81.5. The topological polar surface area (TPSA) is 108 Å². The van der Waals surface area contributed by atoms with Crippen LogP contribution >= 0.6 is 7.82 Å². The van der Waals surface area contributed by atoms with Crippen LogP contribution in [-0.2, 0) is 32.7 Å². The largest absolute Gasteiger partial charge is 0.472 e. The van der Waals surface area contributed by atoms with Gasteiger partial charge in [-0.1, -0.05) is 426 Å². The van der Waals surface area contributed by atoms with Crippen LogP contribution in [0.4, 0.5) is 0 Å². The predicted octanol–water partition coefficient (Wildman–Crippen LogP) is 30.5. The Morgan fingerprint density at radius 2 is 0.548 bits per heavy atom. The molecule has 0 aliphatic carbocycles. The lowest BCUT2D eigenvalue weighted by atomic mass is 10.0. The van der Waals surface area contributed by atoms with Gasteiger partial charge in [-0.3, -0.25) is 18.6 Å². The molecular weight excluding hydrogens is 1300 g/mol. The fourth-order valence-corrected chi connectivity index (χ4v) is 14.0. The van der Waals surface area contributed by atoms with E-state index in [2.05, 4.69) is 111 Å². The highest BCUT2D eigenvalue weighted by Crippen LogP contribution is 2.43. The van der Waals surface area contributed by atoms with Crippen LogP contribution in [0.15, 0.2) is 97.2 Å². The molecule has 1 N–H and O–H groups in total. The fourth-order valence-electron chi connectivity index (χ4n) is 13.3. The minimum absolute atomic E-state index is 0.0320. The van der Waals surface area contributed by atoms with E-state index in [4.69, 9.17) is 18.5 Å². The van der Waals surface area contributed by atoms with Gasteiger partial charge in [0.15, 0.2) is 6.10 Å². The van der Waals surface area contributed by atoms with Gasteiger partial charge in [0.1, 0.15) is 19.8 Å². The SMILES string of the molecule is CC/C=C\C/C=C\C/C=C\C/C=C\C/C=C\C/C=C\C/C=C\CCCCCCCCCCCCCCCCCCCC(=O)OC(COC(=O)CCCCCCCCCCCCCCCCCCCCCCCCCCCCCCC/C=C\CCCCCCCCCC)COP(=O)(O)OCC[N+](C)(C)C. The van der Waals surface area contributed by atoms with E-state index in [1.165, 1.54) is 327 Å². The number of unbranched alkanes of at least 4 members (excludes halogenated alkanes) is 54. The molecule has 9 nitrogen and oxygen atoms in total. The molecule has 606 valence electrons. The second kappa shape index (κ2) is 84.0. The molecule has 0 amide bonds. The standard InChI is InChI=1S/C94H172NO8P/c1-6-8-10-12-14-16-18-20-22-24-26-28-30-32-34-36-38-40-42-44-46-47-49-50-52-54-56-58-60-62-64-66-68-70-72-74-76-78-80-82-84-86-93(96)100-90-92(91-102-104(98,99)101-89-88-95(3,4)5)103-94(97)87-85-83-81-79-77-75-73-71-69-67-65-63-61-59-57-55-53-51-48-45-43-41-39-37-35-33-31-29-27-25-23-21-19-17-15-13-11-9-7-2/h9,11,15,17,21,23-24,26-27,29,33,35,39,41,45,48,92H,6-8,10,12-14,16,18-20,22,25,28,30-32,34,36-38,40,42-44,46-47,49-91H2,1-5H3/p+1/b11-9-,17-15-,23-21-,26-24-,29-27-,35-33-,41-39-,48-45-. The first kappa shape index (κ1) is 101. The fraction of sp³-hybridized carbons (Fsp3) is 0.809. The summed E-state index contributed by atoms with van der Waals surface area (Å²) in [6.45, 7) is 4.38. The molecule has 0 saturated heterocycles. The van der Waals surface area contributed by atoms with Gasteiger partial charge in [0, 0.05) is 12.8 Å². The van der Waals surface area contributed by atoms with Crippen molar-refractivity contribution in [2.24, 2.45) is 0 Å². The maximum absolute atomic E-state index is 12.9. The summed E-state index contributed by atoms with van der Waals surface area (Å²) in [4.78, 5) is 36.1. The molecule has 0 aliphatic heterocycles. The molecule has 0 radical (unpaired) electrons. The monoisotopic (exact) mass is 1480 g/mol. The Morgan fingerprint density at radius 1 is 0.308 bits per heavy atom. The highest BCUT2D eigenvalue weighted by Gasteiger charge is 2.27. The number of carbonyl (C=O) groups is 2. The van der Waals surface area contributed by atoms with Gasteiger partial charge in [0.25, 0.3) is 0 Å². The maximum atomic E-state index is 12.9. The van der Waals surface area contributed by atoms with Crippen molar-refractivity contribution >= 4 is 19.8 Å². The van der Waals surface area contributed by atoms with E-state index in [0.717, 1.165) is 77.0 Å². The Labute approximate surface area is 646 Å². The average Bonchev–Trinajstić information content (AvgIpc) is 0.915. The number of rotatable bonds is 84. The second-order valence-corrected chi connectivity index (χ2v) is 33.1. The van der Waals surface area contributed by atoms with Gasteiger partial charge in [0.2, 0.25) is 0 Å². The molecule has 2 unspecified atom stereocenters. The Bertz CT molecular complexity index is 2080. The summed E-state index contributed by atoms with van der Waals surface area (Å²) in [5, 5.41) is 0. The summed E-state index contributed by atoms with van der Waals surface area (Å²) >= 11 is 0. The zero-order valence-corrected chi connectivity index (χ0v) is 70.4. The van der Waals surface area contributed by atoms with Crippen LogP contribution in [0, 0.1) is 0 Å². The number of esters is 2. The molecule has 0 bridgehead atoms. The molecule has 0 saturated carbocycles. The van der Waals surface area contributed by atoms with Crippen LogP contribution in [0.1, 0.15) is 438 Å². The molecule has 0 fully saturated rings. The van der Waals surface area contributed by atoms with Crippen molar-refractivity contribution in [3.8, 4) is 0 Å². The van der Waals surface area contributed by atoms with Crippen LogP contribution in [0.5, 0.6) is 0 Å². The van der Waals surface area contributed by atoms with Gasteiger partial charge in [-0.2, -0.15) is 0 Å². The minimum atomic E-state index is -4.40. The summed E-state index contributed by atoms with van der Waals surface area (Å²) in [5.74, 6) is -0.777. The van der Waals surface area contributed by atoms with E-state index >= 15 is 0 Å². The van der Waals surface area contributed by atoms with Gasteiger partial charge < -0.3 is 18.9 Å². The van der Waals surface area contributed by atoms with E-state index in [1.807, 2.05) is 21.1 Å². The number of phosphoric acid groups is 1. The molecule has 10 heteroatoms. The minimum Gasteiger partial charge on any atom is -0.462 e. The summed E-state index contributed by atoms with van der Waals surface area (Å²) in [6.07, 6.45) is 119. The molecule has 0 heterocycles. The molecule has 0 rings (SSSR count). The maximum Gasteiger partial charge on any atom is 0.472 e. The summed E-state index contributed by atoms with van der Waals surface area (Å²) in [5.41, 5.74) is 0. The zero-order valence-electron chi connectivity index (χ0n) is 69.5. The smallest absolute Gasteiger partial charge is 0.462 e. The number of ether oxygens (including phenoxy) is 2. The van der Waals surface area contributed by atoms with Crippen molar-refractivity contribution < 1.29 is 42.1 Å². The van der Waals surface area contributed by atoms with Gasteiger partial charge in [-0.15, -0.1) is 0 Å². The van der Waals surface area contributed by atoms with Crippen LogP contribution in [0.25, 0.3) is 0 Å². The number of hydrogen-bond donors (Lipinski definition) is 1. The lowest BCUT2D eigenvalue weighted by molar-refractivity contribution is -0.870. The van der Waals surface area contributed by atoms with Crippen molar-refractivity contribution in [2.45, 2.75) is 444 Å². The number of nitrogens with zero attached hydrogens (tertiary/aromatic N) is 1. The lowest BCUT2D eigenvalue weighted by Crippen LogP contribution is -2.37. The van der Waals surface area contributed by atoms with Crippen LogP contribution < -0.4 is 0 Å². The first-order chi connectivity index (χ1) is 51.0. The Hall–Kier alpha value is -3.07. The zero-order chi connectivity index (χ0) is 75.4. The first-order valence-electron chi connectivity index (χ1n) is 45.0. The molecule has 0 aromatic rings. The van der Waals surface area contributed by atoms with E-state index in [0.29, 0.717) is 23.9 Å². The number of hydrogen-bond acceptors (Lipinski definition) is 7. The molecule has 0 spiro atoms. The van der Waals surface area contributed by atoms with Crippen molar-refractivity contribution in [2.75, 3.05) is 47.5 Å². The summed E-state index contributed by atoms with van der Waals surface area (Å²) in [6, 6.07) is 0. The first-order valence-corrected chi connectivity index (χ1v) is 46.5. The summed E-state index contributed by atoms with van der Waals surface area (Å²) in [7, 11) is 1.49. The third-order valence-electron chi connectivity index (χ3n) is 20.1. The van der Waals surface area contributed by atoms with Gasteiger partial charge >= 0.3 is 19.8 Å². The highest BCUT2D eigenvalue weighted by molar-refractivity contribution is 7.47. The van der Waals surface area contributed by atoms with E-state index in [-0.39, 0.29) is 25.6 Å². The van der Waals surface area contributed by atoms with E-state index in [9.17, 15) is 19.0 Å². The van der Waals surface area contributed by atoms with Crippen LogP contribution in [-0.4, -0.2) is 74.9 Å². The normalized spacial score (nSPS) is 13.4. The quantitative estimate of drug-likeness (QED) is 0.0211. The van der Waals surface area contributed by atoms with E-state index < -0.39 is 26.5 Å². The number of likely N-dealkylation sites (N-methyl/N-ethyl adjacent to an activating group) is 1. The molecule has 2 atom stereocenters. The summed E-state index contributed by atoms with van der Waals surface area (Å²) < 4.78 is 34.9. The number of allylic oxidation sites excluding steroid dienone is 16. The van der Waals surface area contributed by atoms with Crippen LogP contribution in [0.2, 0.25) is 0 Å². The third kappa shape index (κ3) is 87.8. The second-order valence-electron chi connectivity index (χ2n) is 31.6. The lowest BCUT2D eigenvalue weighted by Gasteiger charge is -2.24. The Morgan fingerprint density at radius 3 is 0.827 bits per heavy atom. The van der Waals surface area contributed by atoms with Crippen molar-refractivity contribution in [3.63, 3.8) is 0 Å². The Balaban J connectivity index is 3.87. The van der Waals surface area contributed by atoms with Gasteiger partial charge in [-0.05, 0) is 96.3 Å². The van der Waals surface area contributed by atoms with Gasteiger partial charge in [-0.25, -0.2) is 4.57 Å². The van der Waals surface area contributed by atoms with Crippen molar-refractivity contribution in [1.29, 1.82) is 0 Å². The number of quaternary nitrogens is 1. The van der Waals surface area contributed by atoms with E-state index in [1.54, 1.807) is 0 Å². The molecule has 0 aliphatic rings. The molecule has 104 heavy (non-hydrogen) atoms. The van der Waals surface area contributed by atoms with Crippen molar-refractivity contribution in [3.05, 3.63) is 97.2 Å². The van der Waals surface area contributed by atoms with Crippen molar-refractivity contribution in [1.82, 2.24) is 0 Å². The third-order valence-corrected chi connectivity index (χ3v) is 21.1.